The monoisotopic (exact) mass is 765 g/mol. The molecule has 0 spiro atoms. The van der Waals surface area contributed by atoms with E-state index in [4.69, 9.17) is 20.1 Å². The smallest absolute Gasteiger partial charge is 0.407 e. The van der Waals surface area contributed by atoms with E-state index in [9.17, 15) is 19.2 Å². The number of carbonyl (C=O) groups excluding carboxylic acids is 4. The first kappa shape index (κ1) is 44.9. The molecule has 14 heteroatoms. The van der Waals surface area contributed by atoms with Crippen LogP contribution in [0, 0.1) is 5.41 Å². The van der Waals surface area contributed by atoms with Gasteiger partial charge in [0.1, 0.15) is 12.4 Å². The molecular formula is C41H63N7O7. The highest BCUT2D eigenvalue weighted by Crippen LogP contribution is 2.35. The SMILES string of the molecule is CCCOCC(C)(C)COCCC(=O)NCCC(=O)N1Cc2ccccc2/C(NCCOC(=O)NCCCCC(NC)C(=O)CC)=C(/NN)c2ccccc21. The Hall–Kier alpha value is -4.50. The number of amides is 3. The number of nitrogens with zero attached hydrogens (tertiary/aromatic N) is 1. The lowest BCUT2D eigenvalue weighted by atomic mass is 9.95. The van der Waals surface area contributed by atoms with Crippen molar-refractivity contribution in [2.45, 2.75) is 85.2 Å². The number of fused-ring (bicyclic) bond motifs is 2. The van der Waals surface area contributed by atoms with E-state index in [2.05, 4.69) is 47.5 Å². The molecule has 2 aromatic carbocycles. The highest BCUT2D eigenvalue weighted by atomic mass is 16.5. The highest BCUT2D eigenvalue weighted by Gasteiger charge is 2.27. The van der Waals surface area contributed by atoms with Crippen LogP contribution in [0.2, 0.25) is 0 Å². The summed E-state index contributed by atoms with van der Waals surface area (Å²) >= 11 is 0. The summed E-state index contributed by atoms with van der Waals surface area (Å²) < 4.78 is 16.8. The molecule has 0 aromatic heterocycles. The topological polar surface area (TPSA) is 185 Å². The molecule has 3 rings (SSSR count). The highest BCUT2D eigenvalue weighted by molar-refractivity contribution is 6.01. The number of hydrogen-bond acceptors (Lipinski definition) is 11. The predicted octanol–water partition coefficient (Wildman–Crippen LogP) is 4.24. The number of rotatable bonds is 25. The zero-order valence-electron chi connectivity index (χ0n) is 33.4. The van der Waals surface area contributed by atoms with E-state index in [0.717, 1.165) is 36.8 Å². The maximum Gasteiger partial charge on any atom is 0.407 e. The average Bonchev–Trinajstić information content (AvgIpc) is 3.17. The molecule has 55 heavy (non-hydrogen) atoms. The van der Waals surface area contributed by atoms with Gasteiger partial charge in [0.05, 0.1) is 49.5 Å². The Morgan fingerprint density at radius 2 is 1.55 bits per heavy atom. The van der Waals surface area contributed by atoms with Crippen LogP contribution < -0.4 is 37.4 Å². The van der Waals surface area contributed by atoms with Crippen LogP contribution in [0.4, 0.5) is 10.5 Å². The number of para-hydroxylation sites is 1. The van der Waals surface area contributed by atoms with Gasteiger partial charge in [-0.3, -0.25) is 20.2 Å². The lowest BCUT2D eigenvalue weighted by Crippen LogP contribution is -2.37. The van der Waals surface area contributed by atoms with E-state index in [1.165, 1.54) is 0 Å². The zero-order chi connectivity index (χ0) is 40.1. The second-order valence-corrected chi connectivity index (χ2v) is 14.3. The van der Waals surface area contributed by atoms with E-state index in [0.29, 0.717) is 62.0 Å². The molecule has 0 saturated heterocycles. The lowest BCUT2D eigenvalue weighted by molar-refractivity contribution is -0.123. The van der Waals surface area contributed by atoms with Gasteiger partial charge >= 0.3 is 6.09 Å². The number of nitrogens with one attached hydrogen (secondary N) is 5. The third kappa shape index (κ3) is 14.9. The zero-order valence-corrected chi connectivity index (χ0v) is 33.4. The third-order valence-electron chi connectivity index (χ3n) is 9.15. The van der Waals surface area contributed by atoms with E-state index in [1.807, 2.05) is 55.5 Å². The number of hydrogen-bond donors (Lipinski definition) is 6. The Bertz CT molecular complexity index is 1560. The minimum absolute atomic E-state index is 0.0955. The predicted molar refractivity (Wildman–Crippen MR) is 216 cm³/mol. The molecule has 0 saturated carbocycles. The molecule has 0 fully saturated rings. The molecule has 2 aromatic rings. The molecule has 1 atom stereocenters. The molecule has 3 amide bonds. The van der Waals surface area contributed by atoms with Crippen LogP contribution in [-0.4, -0.2) is 89.4 Å². The lowest BCUT2D eigenvalue weighted by Gasteiger charge is -2.31. The number of unbranched alkanes of at least 4 members (excludes halogenated alkanes) is 1. The molecule has 7 N–H and O–H groups in total. The van der Waals surface area contributed by atoms with Crippen molar-refractivity contribution in [1.82, 2.24) is 26.7 Å². The molecule has 0 bridgehead atoms. The number of carbonyl (C=O) groups is 4. The molecule has 1 heterocycles. The van der Waals surface area contributed by atoms with Gasteiger partial charge in [0.15, 0.2) is 0 Å². The van der Waals surface area contributed by atoms with E-state index >= 15 is 0 Å². The Morgan fingerprint density at radius 3 is 2.25 bits per heavy atom. The van der Waals surface area contributed by atoms with Crippen molar-refractivity contribution in [2.24, 2.45) is 11.3 Å². The van der Waals surface area contributed by atoms with Gasteiger partial charge in [-0.25, -0.2) is 4.79 Å². The van der Waals surface area contributed by atoms with Crippen molar-refractivity contribution < 1.29 is 33.4 Å². The number of ketones is 1. The second kappa shape index (κ2) is 24.1. The number of Topliss-reactive ketones (excluding diaryl/α,β-unsaturated/α-hetero) is 1. The Morgan fingerprint density at radius 1 is 0.836 bits per heavy atom. The number of ether oxygens (including phenoxy) is 3. The van der Waals surface area contributed by atoms with Crippen molar-refractivity contribution in [3.8, 4) is 0 Å². The van der Waals surface area contributed by atoms with Crippen LogP contribution >= 0.6 is 0 Å². The van der Waals surface area contributed by atoms with Crippen LogP contribution in [0.5, 0.6) is 0 Å². The number of alkyl carbamates (subject to hydrolysis) is 1. The Kier molecular flexibility index (Phi) is 19.7. The molecule has 0 radical (unpaired) electrons. The van der Waals surface area contributed by atoms with E-state index in [-0.39, 0.29) is 68.2 Å². The number of nitrogens with two attached hydrogens (primary N) is 1. The summed E-state index contributed by atoms with van der Waals surface area (Å²) in [4.78, 5) is 52.4. The van der Waals surface area contributed by atoms with Crippen molar-refractivity contribution in [2.75, 3.05) is 64.6 Å². The molecule has 304 valence electrons. The summed E-state index contributed by atoms with van der Waals surface area (Å²) in [5.74, 6) is 6.02. The average molecular weight is 766 g/mol. The third-order valence-corrected chi connectivity index (χ3v) is 9.15. The quantitative estimate of drug-likeness (QED) is 0.0483. The van der Waals surface area contributed by atoms with Gasteiger partial charge in [-0.05, 0) is 44.4 Å². The van der Waals surface area contributed by atoms with Crippen LogP contribution in [0.25, 0.3) is 11.4 Å². The summed E-state index contributed by atoms with van der Waals surface area (Å²) in [6.45, 7) is 11.4. The molecular weight excluding hydrogens is 702 g/mol. The Labute approximate surface area is 326 Å². The number of hydrazine groups is 1. The van der Waals surface area contributed by atoms with Crippen LogP contribution in [0.3, 0.4) is 0 Å². The minimum atomic E-state index is -0.516. The summed E-state index contributed by atoms with van der Waals surface area (Å²) in [6, 6.07) is 15.1. The fourth-order valence-corrected chi connectivity index (χ4v) is 6.23. The minimum Gasteiger partial charge on any atom is -0.448 e. The van der Waals surface area contributed by atoms with E-state index in [1.54, 1.807) is 11.9 Å². The first-order valence-electron chi connectivity index (χ1n) is 19.5. The van der Waals surface area contributed by atoms with Crippen molar-refractivity contribution in [3.63, 3.8) is 0 Å². The molecule has 1 aliphatic heterocycles. The summed E-state index contributed by atoms with van der Waals surface area (Å²) in [6.07, 6.45) is 3.49. The largest absolute Gasteiger partial charge is 0.448 e. The van der Waals surface area contributed by atoms with Gasteiger partial charge in [0.2, 0.25) is 11.8 Å². The number of anilines is 1. The fraction of sp³-hybridized carbons (Fsp3) is 0.561. The fourth-order valence-electron chi connectivity index (χ4n) is 6.23. The summed E-state index contributed by atoms with van der Waals surface area (Å²) in [5.41, 5.74) is 7.06. The van der Waals surface area contributed by atoms with Gasteiger partial charge < -0.3 is 45.8 Å². The maximum absolute atomic E-state index is 13.8. The number of likely N-dealkylation sites (N-methyl/N-ethyl adjacent to an activating group) is 1. The van der Waals surface area contributed by atoms with Crippen LogP contribution in [0.1, 0.15) is 89.3 Å². The number of benzene rings is 2. The second-order valence-electron chi connectivity index (χ2n) is 14.3. The van der Waals surface area contributed by atoms with Gasteiger partial charge in [-0.15, -0.1) is 0 Å². The molecule has 0 aliphatic carbocycles. The van der Waals surface area contributed by atoms with Crippen molar-refractivity contribution in [1.29, 1.82) is 0 Å². The molecule has 1 unspecified atom stereocenters. The van der Waals surface area contributed by atoms with E-state index < -0.39 is 6.09 Å². The van der Waals surface area contributed by atoms with Gasteiger partial charge in [0, 0.05) is 62.0 Å². The molecule has 1 aliphatic rings. The summed E-state index contributed by atoms with van der Waals surface area (Å²) in [5, 5.41) is 12.1. The normalized spacial score (nSPS) is 14.5. The van der Waals surface area contributed by atoms with Gasteiger partial charge in [-0.1, -0.05) is 70.2 Å². The van der Waals surface area contributed by atoms with Gasteiger partial charge in [-0.2, -0.15) is 0 Å². The first-order valence-corrected chi connectivity index (χ1v) is 19.5. The van der Waals surface area contributed by atoms with Crippen LogP contribution in [0.15, 0.2) is 48.5 Å². The van der Waals surface area contributed by atoms with Crippen LogP contribution in [-0.2, 0) is 35.1 Å². The Balaban J connectivity index is 1.58. The van der Waals surface area contributed by atoms with Crippen molar-refractivity contribution >= 4 is 40.8 Å². The standard InChI is InChI=1S/C41H63N7O7/c1-6-24-53-28-41(3,4)29-54-25-20-36(50)44-22-19-37(51)48-27-30-14-8-9-15-31(30)38(39(47-42)32-16-10-11-18-34(32)48)45-23-26-55-40(52)46-21-13-12-17-33(43-5)35(49)7-2/h8-11,14-16,18,33,43,45,47H,6-7,12-13,17,19-29,42H2,1-5H3,(H,44,50)(H,46,52)/b39-38-. The maximum atomic E-state index is 13.8. The molecule has 14 nitrogen and oxygen atoms in total. The summed E-state index contributed by atoms with van der Waals surface area (Å²) in [7, 11) is 1.79. The first-order chi connectivity index (χ1) is 26.5. The van der Waals surface area contributed by atoms with Crippen molar-refractivity contribution in [3.05, 3.63) is 65.2 Å². The van der Waals surface area contributed by atoms with Gasteiger partial charge in [0.25, 0.3) is 0 Å².